The van der Waals surface area contributed by atoms with Crippen molar-refractivity contribution in [3.63, 3.8) is 0 Å². The van der Waals surface area contributed by atoms with E-state index in [9.17, 15) is 4.79 Å². The van der Waals surface area contributed by atoms with Gasteiger partial charge in [-0.25, -0.2) is 0 Å². The number of ether oxygens (including phenoxy) is 1. The van der Waals surface area contributed by atoms with E-state index < -0.39 is 0 Å². The lowest BCUT2D eigenvalue weighted by atomic mass is 9.98. The summed E-state index contributed by atoms with van der Waals surface area (Å²) in [5, 5.41) is 11.4. The molecule has 0 radical (unpaired) electrons. The van der Waals surface area contributed by atoms with Crippen molar-refractivity contribution in [1.29, 1.82) is 0 Å². The van der Waals surface area contributed by atoms with E-state index in [-0.39, 0.29) is 17.9 Å². The molecule has 3 heterocycles. The molecule has 0 bridgehead atoms. The number of rotatable bonds is 5. The van der Waals surface area contributed by atoms with Gasteiger partial charge < -0.3 is 14.6 Å². The number of amides is 1. The maximum absolute atomic E-state index is 12.7. The van der Waals surface area contributed by atoms with Gasteiger partial charge in [0, 0.05) is 25.5 Å². The Bertz CT molecular complexity index is 932. The van der Waals surface area contributed by atoms with Crippen molar-refractivity contribution in [3.05, 3.63) is 59.6 Å². The Hall–Kier alpha value is -2.93. The molecule has 7 heteroatoms. The summed E-state index contributed by atoms with van der Waals surface area (Å²) < 4.78 is 12.6. The first kappa shape index (κ1) is 17.5. The van der Waals surface area contributed by atoms with Gasteiger partial charge in [-0.15, -0.1) is 0 Å². The van der Waals surface area contributed by atoms with Crippen molar-refractivity contribution in [2.45, 2.75) is 19.4 Å². The monoisotopic (exact) mass is 366 g/mol. The molecule has 1 N–H and O–H groups in total. The molecule has 1 amide bonds. The van der Waals surface area contributed by atoms with Gasteiger partial charge in [0.05, 0.1) is 30.6 Å². The third kappa shape index (κ3) is 3.78. The first-order valence-corrected chi connectivity index (χ1v) is 9.00. The highest BCUT2D eigenvalue weighted by Crippen LogP contribution is 2.22. The van der Waals surface area contributed by atoms with Crippen LogP contribution in [0.5, 0.6) is 0 Å². The highest BCUT2D eigenvalue weighted by molar-refractivity contribution is 5.93. The Morgan fingerprint density at radius 3 is 2.81 bits per heavy atom. The number of hydrogen-bond acceptors (Lipinski definition) is 5. The van der Waals surface area contributed by atoms with Crippen LogP contribution >= 0.6 is 0 Å². The highest BCUT2D eigenvalue weighted by Gasteiger charge is 2.31. The number of carbonyl (C=O) groups is 1. The van der Waals surface area contributed by atoms with E-state index in [4.69, 9.17) is 9.26 Å². The summed E-state index contributed by atoms with van der Waals surface area (Å²) in [6, 6.07) is 13.5. The quantitative estimate of drug-likeness (QED) is 0.750. The maximum Gasteiger partial charge on any atom is 0.272 e. The topological polar surface area (TPSA) is 82.2 Å². The van der Waals surface area contributed by atoms with Gasteiger partial charge in [-0.2, -0.15) is 5.10 Å². The average Bonchev–Trinajstić information content (AvgIpc) is 3.37. The molecule has 0 unspecified atom stereocenters. The van der Waals surface area contributed by atoms with Crippen molar-refractivity contribution in [2.24, 2.45) is 13.0 Å². The second kappa shape index (κ2) is 7.36. The molecule has 2 aromatic heterocycles. The van der Waals surface area contributed by atoms with E-state index in [2.05, 4.69) is 15.6 Å². The van der Waals surface area contributed by atoms with Crippen molar-refractivity contribution in [1.82, 2.24) is 20.3 Å². The smallest absolute Gasteiger partial charge is 0.272 e. The number of aromatic nitrogens is 3. The summed E-state index contributed by atoms with van der Waals surface area (Å²) in [5.74, 6) is 0.770. The van der Waals surface area contributed by atoms with E-state index >= 15 is 0 Å². The Morgan fingerprint density at radius 2 is 2.07 bits per heavy atom. The van der Waals surface area contributed by atoms with E-state index in [0.29, 0.717) is 25.3 Å². The fraction of sp³-hybridized carbons (Fsp3) is 0.350. The Labute approximate surface area is 157 Å². The highest BCUT2D eigenvalue weighted by atomic mass is 16.5. The number of nitrogens with zero attached hydrogens (tertiary/aromatic N) is 3. The molecule has 7 nitrogen and oxygen atoms in total. The maximum atomic E-state index is 12.7. The third-order valence-corrected chi connectivity index (χ3v) is 4.84. The summed E-state index contributed by atoms with van der Waals surface area (Å²) in [4.78, 5) is 12.7. The fourth-order valence-corrected chi connectivity index (χ4v) is 3.43. The summed E-state index contributed by atoms with van der Waals surface area (Å²) >= 11 is 0. The molecule has 0 saturated carbocycles. The second-order valence-electron chi connectivity index (χ2n) is 6.92. The van der Waals surface area contributed by atoms with Gasteiger partial charge in [0.15, 0.2) is 5.69 Å². The van der Waals surface area contributed by atoms with Gasteiger partial charge in [0.25, 0.3) is 5.91 Å². The van der Waals surface area contributed by atoms with Crippen LogP contribution in [0.2, 0.25) is 0 Å². The van der Waals surface area contributed by atoms with Crippen LogP contribution in [0.4, 0.5) is 0 Å². The lowest BCUT2D eigenvalue weighted by Gasteiger charge is -2.17. The van der Waals surface area contributed by atoms with Crippen LogP contribution < -0.4 is 5.32 Å². The van der Waals surface area contributed by atoms with Gasteiger partial charge in [-0.3, -0.25) is 9.48 Å². The lowest BCUT2D eigenvalue weighted by molar-refractivity contribution is 0.0918. The number of nitrogens with one attached hydrogen (secondary N) is 1. The van der Waals surface area contributed by atoms with E-state index in [1.54, 1.807) is 4.68 Å². The van der Waals surface area contributed by atoms with Crippen molar-refractivity contribution in [2.75, 3.05) is 13.2 Å². The van der Waals surface area contributed by atoms with Crippen LogP contribution in [-0.2, 0) is 18.2 Å². The van der Waals surface area contributed by atoms with Crippen molar-refractivity contribution >= 4 is 5.91 Å². The Kier molecular flexibility index (Phi) is 4.77. The summed E-state index contributed by atoms with van der Waals surface area (Å²) in [5.41, 5.74) is 3.18. The molecular weight excluding hydrogens is 344 g/mol. The van der Waals surface area contributed by atoms with Gasteiger partial charge in [0.1, 0.15) is 5.76 Å². The Balaban J connectivity index is 1.45. The predicted molar refractivity (Wildman–Crippen MR) is 99.2 cm³/mol. The Morgan fingerprint density at radius 1 is 1.26 bits per heavy atom. The van der Waals surface area contributed by atoms with Gasteiger partial charge in [-0.05, 0) is 18.6 Å². The SMILES string of the molecule is Cc1cc(C[C@@H]2COC[C@@H]2NC(=O)c2cc(-c3ccccc3)n(C)n2)on1. The fourth-order valence-electron chi connectivity index (χ4n) is 3.43. The molecule has 1 fully saturated rings. The second-order valence-corrected chi connectivity index (χ2v) is 6.92. The molecule has 0 spiro atoms. The largest absolute Gasteiger partial charge is 0.379 e. The molecule has 2 atom stereocenters. The zero-order chi connectivity index (χ0) is 18.8. The van der Waals surface area contributed by atoms with Gasteiger partial charge >= 0.3 is 0 Å². The predicted octanol–water partition coefficient (Wildman–Crippen LogP) is 2.37. The van der Waals surface area contributed by atoms with Gasteiger partial charge in [-0.1, -0.05) is 35.5 Å². The number of benzene rings is 1. The molecule has 1 aromatic carbocycles. The van der Waals surface area contributed by atoms with Crippen molar-refractivity contribution in [3.8, 4) is 11.3 Å². The van der Waals surface area contributed by atoms with Crippen LogP contribution in [0.15, 0.2) is 47.0 Å². The standard InChI is InChI=1S/C20H22N4O3/c1-13-8-16(27-23-13)9-15-11-26-12-18(15)21-20(25)17-10-19(24(2)22-17)14-6-4-3-5-7-14/h3-8,10,15,18H,9,11-12H2,1-2H3,(H,21,25)/t15-,18+/m1/s1. The molecule has 1 aliphatic rings. The van der Waals surface area contributed by atoms with Crippen LogP contribution in [0.1, 0.15) is 21.9 Å². The minimum absolute atomic E-state index is 0.0786. The summed E-state index contributed by atoms with van der Waals surface area (Å²) in [7, 11) is 1.84. The molecule has 27 heavy (non-hydrogen) atoms. The molecule has 0 aliphatic carbocycles. The molecule has 4 rings (SSSR count). The van der Waals surface area contributed by atoms with Crippen LogP contribution in [0.3, 0.4) is 0 Å². The van der Waals surface area contributed by atoms with E-state index in [0.717, 1.165) is 22.7 Å². The normalized spacial score (nSPS) is 19.3. The first-order chi connectivity index (χ1) is 13.1. The van der Waals surface area contributed by atoms with Gasteiger partial charge in [0.2, 0.25) is 0 Å². The lowest BCUT2D eigenvalue weighted by Crippen LogP contribution is -2.40. The first-order valence-electron chi connectivity index (χ1n) is 9.00. The number of carbonyl (C=O) groups excluding carboxylic acids is 1. The average molecular weight is 366 g/mol. The van der Waals surface area contributed by atoms with E-state index in [1.807, 2.05) is 56.4 Å². The number of hydrogen-bond donors (Lipinski definition) is 1. The molecule has 1 saturated heterocycles. The van der Waals surface area contributed by atoms with Crippen LogP contribution in [-0.4, -0.2) is 40.1 Å². The summed E-state index contributed by atoms with van der Waals surface area (Å²) in [6.45, 7) is 2.97. The summed E-state index contributed by atoms with van der Waals surface area (Å²) in [6.07, 6.45) is 0.684. The minimum Gasteiger partial charge on any atom is -0.379 e. The zero-order valence-electron chi connectivity index (χ0n) is 15.4. The minimum atomic E-state index is -0.193. The third-order valence-electron chi connectivity index (χ3n) is 4.84. The molecule has 1 aliphatic heterocycles. The molecular formula is C20H22N4O3. The van der Waals surface area contributed by atoms with Crippen molar-refractivity contribution < 1.29 is 14.1 Å². The zero-order valence-corrected chi connectivity index (χ0v) is 15.4. The molecule has 3 aromatic rings. The van der Waals surface area contributed by atoms with Crippen LogP contribution in [0.25, 0.3) is 11.3 Å². The van der Waals surface area contributed by atoms with E-state index in [1.165, 1.54) is 0 Å². The van der Waals surface area contributed by atoms with Crippen LogP contribution in [0, 0.1) is 12.8 Å². The molecule has 140 valence electrons. The number of aryl methyl sites for hydroxylation is 2.